The van der Waals surface area contributed by atoms with Gasteiger partial charge in [0.1, 0.15) is 11.4 Å². The minimum absolute atomic E-state index is 0.00453. The lowest BCUT2D eigenvalue weighted by atomic mass is 9.82. The number of carbonyl (C=O) groups is 2. The molecule has 0 fully saturated rings. The number of esters is 1. The minimum atomic E-state index is -1.81. The van der Waals surface area contributed by atoms with Crippen LogP contribution >= 0.6 is 0 Å². The number of ether oxygens (including phenoxy) is 2. The number of amides is 1. The Morgan fingerprint density at radius 1 is 1.26 bits per heavy atom. The van der Waals surface area contributed by atoms with Gasteiger partial charge in [0.2, 0.25) is 11.5 Å². The molecule has 0 saturated heterocycles. The van der Waals surface area contributed by atoms with Crippen LogP contribution in [-0.4, -0.2) is 37.0 Å². The third kappa shape index (κ3) is 3.86. The molecular formula is C24H31FN2O4. The first-order valence-electron chi connectivity index (χ1n) is 10.5. The van der Waals surface area contributed by atoms with Crippen LogP contribution in [0, 0.1) is 11.2 Å². The molecule has 3 rings (SSSR count). The van der Waals surface area contributed by atoms with Crippen LogP contribution in [0.2, 0.25) is 0 Å². The molecule has 0 bridgehead atoms. The molecule has 7 heteroatoms. The van der Waals surface area contributed by atoms with Crippen molar-refractivity contribution in [2.75, 3.05) is 18.6 Å². The summed E-state index contributed by atoms with van der Waals surface area (Å²) < 4.78 is 25.7. The lowest BCUT2D eigenvalue weighted by Gasteiger charge is -2.30. The lowest BCUT2D eigenvalue weighted by molar-refractivity contribution is -0.144. The smallest absolute Gasteiger partial charge is 0.339 e. The highest BCUT2D eigenvalue weighted by molar-refractivity contribution is 6.20. The molecule has 1 spiro atoms. The van der Waals surface area contributed by atoms with Crippen LogP contribution in [0.4, 0.5) is 10.1 Å². The second-order valence-electron chi connectivity index (χ2n) is 10.00. The summed E-state index contributed by atoms with van der Waals surface area (Å²) in [5.74, 6) is -1.47. The third-order valence-electron chi connectivity index (χ3n) is 5.45. The normalized spacial score (nSPS) is 22.4. The molecule has 1 aromatic rings. The molecule has 168 valence electrons. The molecule has 1 amide bonds. The zero-order valence-electron chi connectivity index (χ0n) is 19.6. The lowest BCUT2D eigenvalue weighted by Crippen LogP contribution is -2.43. The summed E-state index contributed by atoms with van der Waals surface area (Å²) in [6.07, 6.45) is 0.751. The second-order valence-corrected chi connectivity index (χ2v) is 10.00. The van der Waals surface area contributed by atoms with Crippen molar-refractivity contribution in [3.63, 3.8) is 0 Å². The van der Waals surface area contributed by atoms with Crippen LogP contribution < -0.4 is 4.90 Å². The summed E-state index contributed by atoms with van der Waals surface area (Å²) in [4.78, 5) is 32.7. The summed E-state index contributed by atoms with van der Waals surface area (Å²) in [5.41, 5.74) is -1.07. The maximum Gasteiger partial charge on any atom is 0.339 e. The van der Waals surface area contributed by atoms with Crippen molar-refractivity contribution >= 4 is 23.5 Å². The van der Waals surface area contributed by atoms with Gasteiger partial charge in [-0.25, -0.2) is 14.2 Å². The maximum absolute atomic E-state index is 14.2. The van der Waals surface area contributed by atoms with Gasteiger partial charge >= 0.3 is 5.97 Å². The van der Waals surface area contributed by atoms with Crippen LogP contribution in [0.3, 0.4) is 0 Å². The molecule has 31 heavy (non-hydrogen) atoms. The third-order valence-corrected chi connectivity index (χ3v) is 5.45. The Hall–Kier alpha value is -2.70. The predicted molar refractivity (Wildman–Crippen MR) is 117 cm³/mol. The Balaban J connectivity index is 2.24. The molecule has 2 heterocycles. The van der Waals surface area contributed by atoms with Gasteiger partial charge in [-0.2, -0.15) is 0 Å². The first-order chi connectivity index (χ1) is 14.2. The summed E-state index contributed by atoms with van der Waals surface area (Å²) in [6, 6.07) is 4.03. The molecule has 0 radical (unpaired) electrons. The highest BCUT2D eigenvalue weighted by atomic mass is 19.1. The molecular weight excluding hydrogens is 399 g/mol. The maximum atomic E-state index is 14.2. The van der Waals surface area contributed by atoms with E-state index in [1.165, 1.54) is 23.1 Å². The van der Waals surface area contributed by atoms with Gasteiger partial charge in [-0.1, -0.05) is 20.8 Å². The van der Waals surface area contributed by atoms with E-state index in [-0.39, 0.29) is 29.1 Å². The number of halogens is 1. The summed E-state index contributed by atoms with van der Waals surface area (Å²) in [7, 11) is 1.58. The second kappa shape index (κ2) is 7.46. The molecule has 0 unspecified atom stereocenters. The summed E-state index contributed by atoms with van der Waals surface area (Å²) >= 11 is 0. The standard InChI is InChI=1S/C24H31FN2O4/c1-9-30-20(28)18-14(2)19(26-23(6,7)13-22(3,4)5)31-24(18)16-12-15(25)10-11-17(16)27(8)21(24)29/h10-12H,9,13H2,1-8H3/t24-/m1/s1. The molecule has 2 aliphatic rings. The van der Waals surface area contributed by atoms with Gasteiger partial charge in [0.15, 0.2) is 0 Å². The van der Waals surface area contributed by atoms with Gasteiger partial charge in [0.25, 0.3) is 5.91 Å². The monoisotopic (exact) mass is 430 g/mol. The number of carbonyl (C=O) groups excluding carboxylic acids is 2. The van der Waals surface area contributed by atoms with E-state index in [4.69, 9.17) is 14.5 Å². The quantitative estimate of drug-likeness (QED) is 0.659. The number of anilines is 1. The van der Waals surface area contributed by atoms with E-state index in [9.17, 15) is 14.0 Å². The Kier molecular flexibility index (Phi) is 5.53. The molecule has 0 N–H and O–H groups in total. The molecule has 0 aliphatic carbocycles. The SMILES string of the molecule is CCOC(=O)C1=C(C)C(=NC(C)(C)CC(C)(C)C)O[C@@]12C(=O)N(C)c1ccc(F)cc12. The fourth-order valence-electron chi connectivity index (χ4n) is 4.75. The van der Waals surface area contributed by atoms with Crippen molar-refractivity contribution < 1.29 is 23.5 Å². The molecule has 0 saturated carbocycles. The van der Waals surface area contributed by atoms with Crippen molar-refractivity contribution in [2.45, 2.75) is 66.0 Å². The largest absolute Gasteiger partial charge is 0.462 e. The van der Waals surface area contributed by atoms with E-state index in [0.29, 0.717) is 11.3 Å². The Morgan fingerprint density at radius 3 is 2.48 bits per heavy atom. The fourth-order valence-corrected chi connectivity index (χ4v) is 4.75. The predicted octanol–water partition coefficient (Wildman–Crippen LogP) is 4.52. The number of rotatable bonds is 4. The number of benzene rings is 1. The van der Waals surface area contributed by atoms with E-state index in [1.54, 1.807) is 20.9 Å². The summed E-state index contributed by atoms with van der Waals surface area (Å²) in [5, 5.41) is 0. The zero-order chi connectivity index (χ0) is 23.4. The molecule has 6 nitrogen and oxygen atoms in total. The van der Waals surface area contributed by atoms with E-state index in [2.05, 4.69) is 20.8 Å². The zero-order valence-corrected chi connectivity index (χ0v) is 19.6. The van der Waals surface area contributed by atoms with E-state index in [0.717, 1.165) is 6.42 Å². The van der Waals surface area contributed by atoms with Gasteiger partial charge in [-0.15, -0.1) is 0 Å². The number of nitrogens with zero attached hydrogens (tertiary/aromatic N) is 2. The van der Waals surface area contributed by atoms with Crippen LogP contribution in [0.25, 0.3) is 0 Å². The average molecular weight is 431 g/mol. The summed E-state index contributed by atoms with van der Waals surface area (Å²) in [6.45, 7) is 13.8. The first-order valence-corrected chi connectivity index (χ1v) is 10.5. The van der Waals surface area contributed by atoms with Crippen molar-refractivity contribution in [1.29, 1.82) is 0 Å². The molecule has 0 aromatic heterocycles. The Labute approximate surface area is 183 Å². The van der Waals surface area contributed by atoms with Gasteiger partial charge in [-0.05, 0) is 57.7 Å². The van der Waals surface area contributed by atoms with Crippen LogP contribution in [-0.2, 0) is 24.7 Å². The van der Waals surface area contributed by atoms with Crippen LogP contribution in [0.1, 0.15) is 60.5 Å². The average Bonchev–Trinajstić information content (AvgIpc) is 3.00. The van der Waals surface area contributed by atoms with E-state index in [1.807, 2.05) is 13.8 Å². The Bertz CT molecular complexity index is 1000. The van der Waals surface area contributed by atoms with E-state index >= 15 is 0 Å². The van der Waals surface area contributed by atoms with E-state index < -0.39 is 28.8 Å². The Morgan fingerprint density at radius 2 is 1.90 bits per heavy atom. The van der Waals surface area contributed by atoms with Gasteiger partial charge in [0, 0.05) is 18.2 Å². The number of likely N-dealkylation sites (N-methyl/N-ethyl adjacent to an activating group) is 1. The number of fused-ring (bicyclic) bond motifs is 2. The van der Waals surface area contributed by atoms with Gasteiger partial charge in [-0.3, -0.25) is 4.79 Å². The molecule has 1 aromatic carbocycles. The number of aliphatic imine (C=N–C) groups is 1. The topological polar surface area (TPSA) is 68.2 Å². The number of hydrogen-bond donors (Lipinski definition) is 0. The minimum Gasteiger partial charge on any atom is -0.462 e. The van der Waals surface area contributed by atoms with Crippen LogP contribution in [0.15, 0.2) is 34.3 Å². The first kappa shape index (κ1) is 23.0. The van der Waals surface area contributed by atoms with Crippen molar-refractivity contribution in [3.8, 4) is 0 Å². The highest BCUT2D eigenvalue weighted by Crippen LogP contribution is 2.52. The highest BCUT2D eigenvalue weighted by Gasteiger charge is 2.62. The fraction of sp³-hybridized carbons (Fsp3) is 0.542. The van der Waals surface area contributed by atoms with Crippen molar-refractivity contribution in [1.82, 2.24) is 0 Å². The molecule has 2 aliphatic heterocycles. The van der Waals surface area contributed by atoms with Crippen LogP contribution in [0.5, 0.6) is 0 Å². The number of hydrogen-bond acceptors (Lipinski definition) is 5. The van der Waals surface area contributed by atoms with Gasteiger partial charge < -0.3 is 14.4 Å². The van der Waals surface area contributed by atoms with Gasteiger partial charge in [0.05, 0.1) is 17.8 Å². The molecule has 1 atom stereocenters. The van der Waals surface area contributed by atoms with Crippen molar-refractivity contribution in [2.24, 2.45) is 10.4 Å². The van der Waals surface area contributed by atoms with Crippen molar-refractivity contribution in [3.05, 3.63) is 40.7 Å².